The Labute approximate surface area is 197 Å². The SMILES string of the molecule is NC(=O)c1ccc([C@@H](Oc2ccc3c(c2-c2ccccc2)OCCC3=O)c2ccncc2)cc1. The molecule has 34 heavy (non-hydrogen) atoms. The van der Waals surface area contributed by atoms with E-state index in [9.17, 15) is 9.59 Å². The molecule has 6 nitrogen and oxygen atoms in total. The normalized spacial score (nSPS) is 13.5. The number of carbonyl (C=O) groups is 2. The first-order chi connectivity index (χ1) is 16.6. The second-order valence-electron chi connectivity index (χ2n) is 7.97. The highest BCUT2D eigenvalue weighted by atomic mass is 16.5. The number of rotatable bonds is 6. The average molecular weight is 450 g/mol. The molecule has 1 aliphatic heterocycles. The Bertz CT molecular complexity index is 1340. The molecule has 1 aromatic heterocycles. The van der Waals surface area contributed by atoms with E-state index in [1.54, 1.807) is 30.6 Å². The fourth-order valence-electron chi connectivity index (χ4n) is 4.11. The van der Waals surface area contributed by atoms with Crippen molar-refractivity contribution in [2.24, 2.45) is 5.73 Å². The second-order valence-corrected chi connectivity index (χ2v) is 7.97. The van der Waals surface area contributed by atoms with E-state index in [-0.39, 0.29) is 5.78 Å². The zero-order valence-corrected chi connectivity index (χ0v) is 18.3. The summed E-state index contributed by atoms with van der Waals surface area (Å²) >= 11 is 0. The van der Waals surface area contributed by atoms with Crippen molar-refractivity contribution in [1.29, 1.82) is 0 Å². The van der Waals surface area contributed by atoms with E-state index in [1.165, 1.54) is 0 Å². The molecule has 0 spiro atoms. The Morgan fingerprint density at radius 2 is 1.62 bits per heavy atom. The molecule has 1 aliphatic rings. The van der Waals surface area contributed by atoms with Crippen LogP contribution in [0.15, 0.2) is 91.3 Å². The molecular formula is C28H22N2O4. The molecule has 0 saturated carbocycles. The van der Waals surface area contributed by atoms with Gasteiger partial charge in [0.2, 0.25) is 5.91 Å². The number of fused-ring (bicyclic) bond motifs is 1. The third-order valence-corrected chi connectivity index (χ3v) is 5.81. The second kappa shape index (κ2) is 9.19. The zero-order valence-electron chi connectivity index (χ0n) is 18.3. The zero-order chi connectivity index (χ0) is 23.5. The lowest BCUT2D eigenvalue weighted by Gasteiger charge is -2.26. The fraction of sp³-hybridized carbons (Fsp3) is 0.107. The Hall–Kier alpha value is -4.45. The van der Waals surface area contributed by atoms with Crippen molar-refractivity contribution in [3.8, 4) is 22.6 Å². The minimum atomic E-state index is -0.496. The summed E-state index contributed by atoms with van der Waals surface area (Å²) in [4.78, 5) is 28.2. The molecule has 0 fully saturated rings. The summed E-state index contributed by atoms with van der Waals surface area (Å²) in [5.74, 6) is 0.687. The molecule has 1 amide bonds. The molecule has 4 aromatic rings. The average Bonchev–Trinajstić information content (AvgIpc) is 2.88. The summed E-state index contributed by atoms with van der Waals surface area (Å²) in [5, 5.41) is 0. The molecule has 6 heteroatoms. The van der Waals surface area contributed by atoms with E-state index in [1.807, 2.05) is 60.7 Å². The van der Waals surface area contributed by atoms with Gasteiger partial charge in [0.1, 0.15) is 17.6 Å². The predicted octanol–water partition coefficient (Wildman–Crippen LogP) is 4.98. The molecule has 168 valence electrons. The first-order valence-electron chi connectivity index (χ1n) is 11.0. The summed E-state index contributed by atoms with van der Waals surface area (Å²) in [7, 11) is 0. The monoisotopic (exact) mass is 450 g/mol. The lowest BCUT2D eigenvalue weighted by molar-refractivity contribution is 0.0932. The van der Waals surface area contributed by atoms with Gasteiger partial charge in [0.15, 0.2) is 5.78 Å². The third kappa shape index (κ3) is 4.13. The maximum atomic E-state index is 12.6. The van der Waals surface area contributed by atoms with Crippen LogP contribution >= 0.6 is 0 Å². The first kappa shape index (κ1) is 21.4. The topological polar surface area (TPSA) is 91.5 Å². The number of amides is 1. The van der Waals surface area contributed by atoms with Gasteiger partial charge in [0.05, 0.1) is 17.7 Å². The molecule has 2 heterocycles. The summed E-state index contributed by atoms with van der Waals surface area (Å²) in [6, 6.07) is 24.1. The van der Waals surface area contributed by atoms with Crippen LogP contribution in [0.4, 0.5) is 0 Å². The van der Waals surface area contributed by atoms with Crippen LogP contribution in [-0.4, -0.2) is 23.3 Å². The molecule has 3 aromatic carbocycles. The van der Waals surface area contributed by atoms with Crippen molar-refractivity contribution in [2.75, 3.05) is 6.61 Å². The first-order valence-corrected chi connectivity index (χ1v) is 11.0. The molecule has 2 N–H and O–H groups in total. The van der Waals surface area contributed by atoms with E-state index in [0.29, 0.717) is 35.7 Å². The van der Waals surface area contributed by atoms with Crippen molar-refractivity contribution in [1.82, 2.24) is 4.98 Å². The number of pyridine rings is 1. The maximum Gasteiger partial charge on any atom is 0.248 e. The number of hydrogen-bond donors (Lipinski definition) is 1. The molecule has 1 atom stereocenters. The highest BCUT2D eigenvalue weighted by Crippen LogP contribution is 2.44. The van der Waals surface area contributed by atoms with Gasteiger partial charge in [-0.2, -0.15) is 0 Å². The molecular weight excluding hydrogens is 428 g/mol. The summed E-state index contributed by atoms with van der Waals surface area (Å²) in [5.41, 5.74) is 9.74. The van der Waals surface area contributed by atoms with Gasteiger partial charge in [0.25, 0.3) is 0 Å². The largest absolute Gasteiger partial charge is 0.492 e. The highest BCUT2D eigenvalue weighted by Gasteiger charge is 2.27. The van der Waals surface area contributed by atoms with E-state index < -0.39 is 12.0 Å². The Morgan fingerprint density at radius 3 is 2.32 bits per heavy atom. The number of nitrogens with zero attached hydrogens (tertiary/aromatic N) is 1. The van der Waals surface area contributed by atoms with Crippen LogP contribution in [0.2, 0.25) is 0 Å². The molecule has 5 rings (SSSR count). The van der Waals surface area contributed by atoms with Gasteiger partial charge in [-0.15, -0.1) is 0 Å². The van der Waals surface area contributed by atoms with Crippen molar-refractivity contribution < 1.29 is 19.1 Å². The number of primary amides is 1. The number of nitrogens with two attached hydrogens (primary N) is 1. The van der Waals surface area contributed by atoms with Gasteiger partial charge in [-0.05, 0) is 53.1 Å². The number of benzene rings is 3. The van der Waals surface area contributed by atoms with Crippen LogP contribution in [-0.2, 0) is 0 Å². The molecule has 0 aliphatic carbocycles. The van der Waals surface area contributed by atoms with Crippen LogP contribution in [0.3, 0.4) is 0 Å². The maximum absolute atomic E-state index is 12.6. The minimum absolute atomic E-state index is 0.0534. The van der Waals surface area contributed by atoms with Crippen molar-refractivity contribution in [3.63, 3.8) is 0 Å². The lowest BCUT2D eigenvalue weighted by atomic mass is 9.95. The summed E-state index contributed by atoms with van der Waals surface area (Å²) < 4.78 is 12.6. The Balaban J connectivity index is 1.64. The van der Waals surface area contributed by atoms with Crippen molar-refractivity contribution in [2.45, 2.75) is 12.5 Å². The standard InChI is InChI=1S/C28H22N2O4/c29-28(32)21-8-6-19(7-9-21)26(20-12-15-30-16-13-20)34-24-11-10-22-23(31)14-17-33-27(22)25(24)18-4-2-1-3-5-18/h1-13,15-16,26H,14,17H2,(H2,29,32)/t26-/m1/s1. The van der Waals surface area contributed by atoms with Gasteiger partial charge in [0, 0.05) is 24.4 Å². The quantitative estimate of drug-likeness (QED) is 0.447. The van der Waals surface area contributed by atoms with Gasteiger partial charge in [-0.1, -0.05) is 42.5 Å². The van der Waals surface area contributed by atoms with Gasteiger partial charge in [-0.3, -0.25) is 14.6 Å². The number of aromatic nitrogens is 1. The van der Waals surface area contributed by atoms with E-state index >= 15 is 0 Å². The Morgan fingerprint density at radius 1 is 0.912 bits per heavy atom. The highest BCUT2D eigenvalue weighted by molar-refractivity contribution is 6.02. The number of carbonyl (C=O) groups excluding carboxylic acids is 2. The molecule has 0 saturated heterocycles. The van der Waals surface area contributed by atoms with Crippen LogP contribution in [0.1, 0.15) is 44.4 Å². The number of Topliss-reactive ketones (excluding diaryl/α,β-unsaturated/α-hetero) is 1. The fourth-order valence-corrected chi connectivity index (χ4v) is 4.11. The smallest absolute Gasteiger partial charge is 0.248 e. The molecule has 0 bridgehead atoms. The number of ketones is 1. The van der Waals surface area contributed by atoms with Gasteiger partial charge in [-0.25, -0.2) is 0 Å². The number of ether oxygens (including phenoxy) is 2. The van der Waals surface area contributed by atoms with Crippen molar-refractivity contribution >= 4 is 11.7 Å². The molecule has 0 radical (unpaired) electrons. The van der Waals surface area contributed by atoms with Crippen LogP contribution in [0.25, 0.3) is 11.1 Å². The van der Waals surface area contributed by atoms with E-state index in [2.05, 4.69) is 4.98 Å². The summed E-state index contributed by atoms with van der Waals surface area (Å²) in [6.45, 7) is 0.331. The van der Waals surface area contributed by atoms with Crippen LogP contribution < -0.4 is 15.2 Å². The minimum Gasteiger partial charge on any atom is -0.492 e. The number of hydrogen-bond acceptors (Lipinski definition) is 5. The van der Waals surface area contributed by atoms with E-state index in [4.69, 9.17) is 15.2 Å². The van der Waals surface area contributed by atoms with Crippen molar-refractivity contribution in [3.05, 3.63) is 114 Å². The van der Waals surface area contributed by atoms with Crippen LogP contribution in [0, 0.1) is 0 Å². The Kier molecular flexibility index (Phi) is 5.79. The molecule has 0 unspecified atom stereocenters. The van der Waals surface area contributed by atoms with Crippen LogP contribution in [0.5, 0.6) is 11.5 Å². The van der Waals surface area contributed by atoms with Gasteiger partial charge >= 0.3 is 0 Å². The third-order valence-electron chi connectivity index (χ3n) is 5.81. The van der Waals surface area contributed by atoms with E-state index in [0.717, 1.165) is 22.3 Å². The van der Waals surface area contributed by atoms with Gasteiger partial charge < -0.3 is 15.2 Å². The predicted molar refractivity (Wildman–Crippen MR) is 128 cm³/mol. The lowest BCUT2D eigenvalue weighted by Crippen LogP contribution is -2.17. The summed E-state index contributed by atoms with van der Waals surface area (Å²) in [6.07, 6.45) is 3.27.